The van der Waals surface area contributed by atoms with Crippen LogP contribution in [0.25, 0.3) is 0 Å². The molecule has 77 heavy (non-hydrogen) atoms. The van der Waals surface area contributed by atoms with Crippen LogP contribution in [0.2, 0.25) is 0 Å². The van der Waals surface area contributed by atoms with Gasteiger partial charge in [-0.25, -0.2) is 0 Å². The van der Waals surface area contributed by atoms with Crippen LogP contribution in [0, 0.1) is 0 Å². The molecular formula is C71H132O6. The first-order valence-electron chi connectivity index (χ1n) is 34.5. The topological polar surface area (TPSA) is 78.9 Å². The highest BCUT2D eigenvalue weighted by Gasteiger charge is 2.19. The molecule has 0 aromatic heterocycles. The van der Waals surface area contributed by atoms with E-state index in [2.05, 4.69) is 57.2 Å². The van der Waals surface area contributed by atoms with E-state index in [1.807, 2.05) is 0 Å². The van der Waals surface area contributed by atoms with Crippen LogP contribution in [0.1, 0.15) is 380 Å². The fourth-order valence-electron chi connectivity index (χ4n) is 10.4. The second kappa shape index (κ2) is 66.1. The smallest absolute Gasteiger partial charge is 0.306 e. The summed E-state index contributed by atoms with van der Waals surface area (Å²) >= 11 is 0. The summed E-state index contributed by atoms with van der Waals surface area (Å²) in [5.41, 5.74) is 0. The zero-order valence-corrected chi connectivity index (χ0v) is 52.0. The van der Waals surface area contributed by atoms with Gasteiger partial charge in [-0.2, -0.15) is 0 Å². The first kappa shape index (κ1) is 74.6. The van der Waals surface area contributed by atoms with Crippen molar-refractivity contribution in [3.63, 3.8) is 0 Å². The van der Waals surface area contributed by atoms with Gasteiger partial charge in [0.05, 0.1) is 0 Å². The molecule has 0 aliphatic carbocycles. The molecule has 0 radical (unpaired) electrons. The number of unbranched alkanes of at least 4 members (excludes halogenated alkanes) is 47. The monoisotopic (exact) mass is 1080 g/mol. The van der Waals surface area contributed by atoms with Gasteiger partial charge in [-0.15, -0.1) is 0 Å². The Kier molecular flexibility index (Phi) is 64.1. The molecular weight excluding hydrogens is 949 g/mol. The minimum atomic E-state index is -0.771. The lowest BCUT2D eigenvalue weighted by Gasteiger charge is -2.18. The van der Waals surface area contributed by atoms with Crippen LogP contribution >= 0.6 is 0 Å². The molecule has 0 fully saturated rings. The summed E-state index contributed by atoms with van der Waals surface area (Å²) in [5, 5.41) is 0. The molecule has 0 amide bonds. The quantitative estimate of drug-likeness (QED) is 0.0261. The maximum Gasteiger partial charge on any atom is 0.306 e. The lowest BCUT2D eigenvalue weighted by molar-refractivity contribution is -0.167. The molecule has 0 aromatic carbocycles. The molecule has 0 spiro atoms. The first-order valence-corrected chi connectivity index (χ1v) is 34.5. The molecule has 0 aromatic rings. The number of allylic oxidation sites excluding steroid dienone is 6. The van der Waals surface area contributed by atoms with Crippen molar-refractivity contribution in [2.45, 2.75) is 386 Å². The minimum absolute atomic E-state index is 0.0680. The van der Waals surface area contributed by atoms with Gasteiger partial charge < -0.3 is 14.2 Å². The lowest BCUT2D eigenvalue weighted by atomic mass is 10.0. The molecule has 452 valence electrons. The van der Waals surface area contributed by atoms with E-state index in [9.17, 15) is 14.4 Å². The Labute approximate surface area is 480 Å². The van der Waals surface area contributed by atoms with Gasteiger partial charge in [0.2, 0.25) is 0 Å². The standard InChI is InChI=1S/C71H132O6/c1-4-7-10-13-16-19-22-24-26-28-30-32-34-35-37-38-40-42-44-46-49-52-55-58-61-64-70(73)76-67-68(66-75-69(72)63-60-57-54-51-48-21-18-15-12-9-6-3)77-71(74)65-62-59-56-53-50-47-45-43-41-39-36-33-31-29-27-25-23-20-17-14-11-8-5-2/h23,25,28-31,68H,4-22,24,26-27,32-67H2,1-3H3/b25-23-,30-28-,31-29-. The van der Waals surface area contributed by atoms with E-state index in [-0.39, 0.29) is 31.1 Å². The number of hydrogen-bond acceptors (Lipinski definition) is 6. The highest BCUT2D eigenvalue weighted by atomic mass is 16.6. The van der Waals surface area contributed by atoms with Crippen molar-refractivity contribution < 1.29 is 28.6 Å². The maximum atomic E-state index is 12.9. The number of hydrogen-bond donors (Lipinski definition) is 0. The Balaban J connectivity index is 4.20. The van der Waals surface area contributed by atoms with E-state index >= 15 is 0 Å². The van der Waals surface area contributed by atoms with Gasteiger partial charge in [0.1, 0.15) is 13.2 Å². The number of rotatable bonds is 64. The van der Waals surface area contributed by atoms with E-state index in [1.165, 1.54) is 276 Å². The third kappa shape index (κ3) is 64.3. The number of ether oxygens (including phenoxy) is 3. The molecule has 0 heterocycles. The van der Waals surface area contributed by atoms with Gasteiger partial charge in [0.15, 0.2) is 6.10 Å². The van der Waals surface area contributed by atoms with Crippen LogP contribution in [-0.2, 0) is 28.6 Å². The van der Waals surface area contributed by atoms with Gasteiger partial charge in [0.25, 0.3) is 0 Å². The van der Waals surface area contributed by atoms with Crippen LogP contribution in [-0.4, -0.2) is 37.2 Å². The molecule has 0 aliphatic heterocycles. The molecule has 1 atom stereocenters. The zero-order chi connectivity index (χ0) is 55.7. The lowest BCUT2D eigenvalue weighted by Crippen LogP contribution is -2.30. The second-order valence-corrected chi connectivity index (χ2v) is 23.4. The molecule has 0 N–H and O–H groups in total. The molecule has 1 unspecified atom stereocenters. The molecule has 0 aliphatic rings. The third-order valence-corrected chi connectivity index (χ3v) is 15.6. The number of carbonyl (C=O) groups excluding carboxylic acids is 3. The Hall–Kier alpha value is -2.37. The molecule has 6 nitrogen and oxygen atoms in total. The minimum Gasteiger partial charge on any atom is -0.462 e. The summed E-state index contributed by atoms with van der Waals surface area (Å²) in [6.45, 7) is 6.69. The van der Waals surface area contributed by atoms with Crippen molar-refractivity contribution in [2.75, 3.05) is 13.2 Å². The predicted octanol–water partition coefficient (Wildman–Crippen LogP) is 23.6. The fourth-order valence-corrected chi connectivity index (χ4v) is 10.4. The van der Waals surface area contributed by atoms with Crippen LogP contribution < -0.4 is 0 Å². The average molecular weight is 1080 g/mol. The molecule has 0 rings (SSSR count). The largest absolute Gasteiger partial charge is 0.462 e. The molecule has 6 heteroatoms. The molecule has 0 saturated heterocycles. The second-order valence-electron chi connectivity index (χ2n) is 23.4. The molecule has 0 bridgehead atoms. The van der Waals surface area contributed by atoms with Crippen molar-refractivity contribution in [2.24, 2.45) is 0 Å². The highest BCUT2D eigenvalue weighted by molar-refractivity contribution is 5.71. The van der Waals surface area contributed by atoms with E-state index in [4.69, 9.17) is 14.2 Å². The summed E-state index contributed by atoms with van der Waals surface area (Å²) in [4.78, 5) is 38.3. The van der Waals surface area contributed by atoms with Crippen molar-refractivity contribution in [1.82, 2.24) is 0 Å². The summed E-state index contributed by atoms with van der Waals surface area (Å²) in [6.07, 6.45) is 81.7. The van der Waals surface area contributed by atoms with Crippen molar-refractivity contribution in [1.29, 1.82) is 0 Å². The SMILES string of the molecule is CCCCCCC/C=C\C/C=C\CCCCCCCCCCCCCC(=O)OC(COC(=O)CCCCCCCCCCCCC)COC(=O)CCCCCCCCCCCCCCC/C=C\CCCCCCCCCC. The third-order valence-electron chi connectivity index (χ3n) is 15.6. The van der Waals surface area contributed by atoms with Crippen LogP contribution in [0.15, 0.2) is 36.5 Å². The Morgan fingerprint density at radius 1 is 0.260 bits per heavy atom. The van der Waals surface area contributed by atoms with Crippen molar-refractivity contribution >= 4 is 17.9 Å². The van der Waals surface area contributed by atoms with Gasteiger partial charge in [-0.1, -0.05) is 320 Å². The Bertz CT molecular complexity index is 1290. The van der Waals surface area contributed by atoms with Gasteiger partial charge in [-0.3, -0.25) is 14.4 Å². The Morgan fingerprint density at radius 3 is 0.727 bits per heavy atom. The highest BCUT2D eigenvalue weighted by Crippen LogP contribution is 2.18. The van der Waals surface area contributed by atoms with Crippen LogP contribution in [0.3, 0.4) is 0 Å². The van der Waals surface area contributed by atoms with Gasteiger partial charge in [0, 0.05) is 19.3 Å². The van der Waals surface area contributed by atoms with Crippen LogP contribution in [0.4, 0.5) is 0 Å². The van der Waals surface area contributed by atoms with Crippen molar-refractivity contribution in [3.8, 4) is 0 Å². The van der Waals surface area contributed by atoms with E-state index in [1.54, 1.807) is 0 Å². The van der Waals surface area contributed by atoms with Crippen molar-refractivity contribution in [3.05, 3.63) is 36.5 Å². The average Bonchev–Trinajstić information content (AvgIpc) is 3.43. The van der Waals surface area contributed by atoms with E-state index in [0.717, 1.165) is 64.2 Å². The van der Waals surface area contributed by atoms with E-state index in [0.29, 0.717) is 19.3 Å². The normalized spacial score (nSPS) is 12.2. The summed E-state index contributed by atoms with van der Waals surface area (Å²) in [7, 11) is 0. The van der Waals surface area contributed by atoms with Gasteiger partial charge in [-0.05, 0) is 77.0 Å². The summed E-state index contributed by atoms with van der Waals surface area (Å²) < 4.78 is 17.0. The van der Waals surface area contributed by atoms with E-state index < -0.39 is 6.10 Å². The Morgan fingerprint density at radius 2 is 0.468 bits per heavy atom. The van der Waals surface area contributed by atoms with Crippen LogP contribution in [0.5, 0.6) is 0 Å². The predicted molar refractivity (Wildman–Crippen MR) is 335 cm³/mol. The maximum absolute atomic E-state index is 12.9. The van der Waals surface area contributed by atoms with Gasteiger partial charge >= 0.3 is 17.9 Å². The number of esters is 3. The summed E-state index contributed by atoms with van der Waals surface area (Å²) in [6, 6.07) is 0. The zero-order valence-electron chi connectivity index (χ0n) is 52.0. The fraction of sp³-hybridized carbons (Fsp3) is 0.873. The summed E-state index contributed by atoms with van der Waals surface area (Å²) in [5.74, 6) is -0.845. The first-order chi connectivity index (χ1) is 38.0. The number of carbonyl (C=O) groups is 3. The molecule has 0 saturated carbocycles.